The van der Waals surface area contributed by atoms with Crippen molar-refractivity contribution in [3.8, 4) is 0 Å². The highest BCUT2D eigenvalue weighted by Gasteiger charge is 2.36. The average molecular weight is 333 g/mol. The third-order valence-corrected chi connectivity index (χ3v) is 6.13. The highest BCUT2D eigenvalue weighted by molar-refractivity contribution is 7.99. The van der Waals surface area contributed by atoms with Gasteiger partial charge in [0.1, 0.15) is 5.82 Å². The van der Waals surface area contributed by atoms with Crippen LogP contribution in [0.25, 0.3) is 0 Å². The quantitative estimate of drug-likeness (QED) is 0.589. The van der Waals surface area contributed by atoms with Gasteiger partial charge in [0.2, 0.25) is 0 Å². The van der Waals surface area contributed by atoms with Gasteiger partial charge in [-0.05, 0) is 45.6 Å². The molecule has 22 heavy (non-hydrogen) atoms. The third kappa shape index (κ3) is 2.74. The second-order valence-electron chi connectivity index (χ2n) is 6.25. The SMILES string of the molecule is Cc1cc(C(=O)CSc2nnc(C3CC3)n2C2CC2)c(C)s1. The number of rotatable bonds is 6. The zero-order valence-corrected chi connectivity index (χ0v) is 14.5. The zero-order valence-electron chi connectivity index (χ0n) is 12.8. The summed E-state index contributed by atoms with van der Waals surface area (Å²) >= 11 is 3.24. The molecule has 4 nitrogen and oxygen atoms in total. The van der Waals surface area contributed by atoms with Crippen molar-refractivity contribution in [3.05, 3.63) is 27.2 Å². The van der Waals surface area contributed by atoms with Gasteiger partial charge in [-0.3, -0.25) is 4.79 Å². The van der Waals surface area contributed by atoms with E-state index in [0.717, 1.165) is 21.4 Å². The van der Waals surface area contributed by atoms with Gasteiger partial charge in [-0.25, -0.2) is 0 Å². The maximum absolute atomic E-state index is 12.4. The van der Waals surface area contributed by atoms with Crippen LogP contribution in [0.3, 0.4) is 0 Å². The number of thiophene rings is 1. The van der Waals surface area contributed by atoms with Crippen LogP contribution in [0.2, 0.25) is 0 Å². The Bertz CT molecular complexity index is 726. The Balaban J connectivity index is 1.50. The van der Waals surface area contributed by atoms with Crippen molar-refractivity contribution < 1.29 is 4.79 Å². The van der Waals surface area contributed by atoms with Crippen LogP contribution in [0.4, 0.5) is 0 Å². The molecule has 2 aromatic heterocycles. The van der Waals surface area contributed by atoms with Gasteiger partial charge < -0.3 is 4.57 Å². The molecule has 0 aliphatic heterocycles. The number of hydrogen-bond donors (Lipinski definition) is 0. The predicted molar refractivity (Wildman–Crippen MR) is 89.1 cm³/mol. The minimum Gasteiger partial charge on any atom is -0.303 e. The summed E-state index contributed by atoms with van der Waals surface area (Å²) in [6.07, 6.45) is 4.92. The maximum atomic E-state index is 12.4. The Labute approximate surface area is 138 Å². The molecular formula is C16H19N3OS2. The topological polar surface area (TPSA) is 47.8 Å². The average Bonchev–Trinajstić information content (AvgIpc) is 3.41. The van der Waals surface area contributed by atoms with E-state index in [1.807, 2.05) is 19.9 Å². The van der Waals surface area contributed by atoms with E-state index in [9.17, 15) is 4.79 Å². The first-order valence-corrected chi connectivity index (χ1v) is 9.61. The lowest BCUT2D eigenvalue weighted by Gasteiger charge is -2.07. The Morgan fingerprint density at radius 3 is 2.68 bits per heavy atom. The first-order valence-electron chi connectivity index (χ1n) is 7.81. The lowest BCUT2D eigenvalue weighted by atomic mass is 10.2. The largest absolute Gasteiger partial charge is 0.303 e. The molecule has 2 aromatic rings. The van der Waals surface area contributed by atoms with Gasteiger partial charge in [-0.15, -0.1) is 21.5 Å². The first-order chi connectivity index (χ1) is 10.6. The van der Waals surface area contributed by atoms with Gasteiger partial charge in [0.05, 0.1) is 5.75 Å². The van der Waals surface area contributed by atoms with Crippen LogP contribution in [-0.2, 0) is 0 Å². The molecule has 2 aliphatic rings. The molecule has 0 bridgehead atoms. The van der Waals surface area contributed by atoms with Crippen molar-refractivity contribution in [1.82, 2.24) is 14.8 Å². The van der Waals surface area contributed by atoms with Crippen molar-refractivity contribution >= 4 is 28.9 Å². The molecule has 0 unspecified atom stereocenters. The Morgan fingerprint density at radius 2 is 2.09 bits per heavy atom. The molecule has 2 heterocycles. The van der Waals surface area contributed by atoms with E-state index in [1.165, 1.54) is 30.6 Å². The lowest BCUT2D eigenvalue weighted by molar-refractivity contribution is 0.102. The van der Waals surface area contributed by atoms with E-state index >= 15 is 0 Å². The lowest BCUT2D eigenvalue weighted by Crippen LogP contribution is -2.06. The van der Waals surface area contributed by atoms with Crippen LogP contribution >= 0.6 is 23.1 Å². The summed E-state index contributed by atoms with van der Waals surface area (Å²) in [5.74, 6) is 2.41. The van der Waals surface area contributed by atoms with E-state index in [0.29, 0.717) is 17.7 Å². The molecule has 0 amide bonds. The minimum atomic E-state index is 0.199. The van der Waals surface area contributed by atoms with Crippen molar-refractivity contribution in [2.24, 2.45) is 0 Å². The zero-order chi connectivity index (χ0) is 15.3. The minimum absolute atomic E-state index is 0.199. The summed E-state index contributed by atoms with van der Waals surface area (Å²) in [5, 5.41) is 9.69. The van der Waals surface area contributed by atoms with Gasteiger partial charge in [0.15, 0.2) is 10.9 Å². The fraction of sp³-hybridized carbons (Fsp3) is 0.562. The molecule has 0 atom stereocenters. The number of aryl methyl sites for hydroxylation is 2. The molecule has 0 spiro atoms. The van der Waals surface area contributed by atoms with Crippen LogP contribution in [0.1, 0.15) is 63.6 Å². The summed E-state index contributed by atoms with van der Waals surface area (Å²) < 4.78 is 2.31. The fourth-order valence-electron chi connectivity index (χ4n) is 2.80. The molecule has 0 radical (unpaired) electrons. The van der Waals surface area contributed by atoms with Crippen molar-refractivity contribution in [2.75, 3.05) is 5.75 Å². The normalized spacial score (nSPS) is 17.9. The van der Waals surface area contributed by atoms with Crippen LogP contribution < -0.4 is 0 Å². The second-order valence-corrected chi connectivity index (χ2v) is 8.66. The highest BCUT2D eigenvalue weighted by atomic mass is 32.2. The summed E-state index contributed by atoms with van der Waals surface area (Å²) in [4.78, 5) is 14.7. The molecule has 116 valence electrons. The molecule has 0 aromatic carbocycles. The molecule has 2 fully saturated rings. The van der Waals surface area contributed by atoms with E-state index in [4.69, 9.17) is 0 Å². The molecular weight excluding hydrogens is 314 g/mol. The fourth-order valence-corrected chi connectivity index (χ4v) is 4.64. The van der Waals surface area contributed by atoms with E-state index in [-0.39, 0.29) is 5.78 Å². The molecule has 2 saturated carbocycles. The van der Waals surface area contributed by atoms with Crippen molar-refractivity contribution in [3.63, 3.8) is 0 Å². The summed E-state index contributed by atoms with van der Waals surface area (Å²) in [6, 6.07) is 2.58. The summed E-state index contributed by atoms with van der Waals surface area (Å²) in [6.45, 7) is 4.07. The van der Waals surface area contributed by atoms with E-state index < -0.39 is 0 Å². The van der Waals surface area contributed by atoms with Gasteiger partial charge in [0, 0.05) is 27.3 Å². The van der Waals surface area contributed by atoms with Crippen LogP contribution in [0, 0.1) is 13.8 Å². The molecule has 6 heteroatoms. The summed E-state index contributed by atoms with van der Waals surface area (Å²) in [7, 11) is 0. The molecule has 0 saturated heterocycles. The second kappa shape index (κ2) is 5.49. The number of thioether (sulfide) groups is 1. The molecule has 0 N–H and O–H groups in total. The van der Waals surface area contributed by atoms with Gasteiger partial charge in [-0.1, -0.05) is 11.8 Å². The number of carbonyl (C=O) groups is 1. The smallest absolute Gasteiger partial charge is 0.191 e. The number of Topliss-reactive ketones (excluding diaryl/α,β-unsaturated/α-hetero) is 1. The van der Waals surface area contributed by atoms with Gasteiger partial charge >= 0.3 is 0 Å². The Kier molecular flexibility index (Phi) is 3.61. The third-order valence-electron chi connectivity index (χ3n) is 4.22. The number of carbonyl (C=O) groups excluding carboxylic acids is 1. The number of ketones is 1. The first kappa shape index (κ1) is 14.5. The van der Waals surface area contributed by atoms with Crippen LogP contribution in [0.5, 0.6) is 0 Å². The van der Waals surface area contributed by atoms with Crippen molar-refractivity contribution in [2.45, 2.75) is 56.6 Å². The Hall–Kier alpha value is -1.14. The standard InChI is InChI=1S/C16H19N3OS2/c1-9-7-13(10(2)22-9)14(20)8-21-16-18-17-15(11-3-4-11)19(16)12-5-6-12/h7,11-12H,3-6,8H2,1-2H3. The van der Waals surface area contributed by atoms with Crippen LogP contribution in [0.15, 0.2) is 11.2 Å². The monoisotopic (exact) mass is 333 g/mol. The van der Waals surface area contributed by atoms with Crippen LogP contribution in [-0.4, -0.2) is 26.3 Å². The maximum Gasteiger partial charge on any atom is 0.191 e. The van der Waals surface area contributed by atoms with Crippen molar-refractivity contribution in [1.29, 1.82) is 0 Å². The van der Waals surface area contributed by atoms with E-state index in [1.54, 1.807) is 23.1 Å². The van der Waals surface area contributed by atoms with Gasteiger partial charge in [-0.2, -0.15) is 0 Å². The highest BCUT2D eigenvalue weighted by Crippen LogP contribution is 2.46. The number of aromatic nitrogens is 3. The number of nitrogens with zero attached hydrogens (tertiary/aromatic N) is 3. The molecule has 4 rings (SSSR count). The Morgan fingerprint density at radius 1 is 1.32 bits per heavy atom. The van der Waals surface area contributed by atoms with Gasteiger partial charge in [0.25, 0.3) is 0 Å². The molecule has 2 aliphatic carbocycles. The predicted octanol–water partition coefficient (Wildman–Crippen LogP) is 4.14. The summed E-state index contributed by atoms with van der Waals surface area (Å²) in [5.41, 5.74) is 0.870. The van der Waals surface area contributed by atoms with E-state index in [2.05, 4.69) is 14.8 Å². The number of hydrogen-bond acceptors (Lipinski definition) is 5.